The molecule has 0 aliphatic carbocycles. The summed E-state index contributed by atoms with van der Waals surface area (Å²) in [5.74, 6) is 1.45. The van der Waals surface area contributed by atoms with Crippen molar-refractivity contribution in [2.24, 2.45) is 5.92 Å². The SMILES string of the molecule is Cc1cc(C)nc(CC2CC3CCC2N3C(=O)c2ccccc2-n2cccn2)n1. The summed E-state index contributed by atoms with van der Waals surface area (Å²) in [7, 11) is 0. The summed E-state index contributed by atoms with van der Waals surface area (Å²) in [6, 6.07) is 12.2. The fourth-order valence-electron chi connectivity index (χ4n) is 5.18. The van der Waals surface area contributed by atoms with Crippen molar-refractivity contribution in [2.45, 2.75) is 51.6 Å². The molecule has 1 amide bonds. The van der Waals surface area contributed by atoms with Gasteiger partial charge < -0.3 is 4.90 Å². The van der Waals surface area contributed by atoms with E-state index in [-0.39, 0.29) is 11.9 Å². The number of hydrogen-bond donors (Lipinski definition) is 0. The van der Waals surface area contributed by atoms with Crippen LogP contribution >= 0.6 is 0 Å². The van der Waals surface area contributed by atoms with Crippen LogP contribution in [0.2, 0.25) is 0 Å². The van der Waals surface area contributed by atoms with Crippen molar-refractivity contribution >= 4 is 5.91 Å². The predicted molar refractivity (Wildman–Crippen MR) is 110 cm³/mol. The smallest absolute Gasteiger partial charge is 0.256 e. The van der Waals surface area contributed by atoms with Crippen molar-refractivity contribution in [3.8, 4) is 5.69 Å². The molecule has 6 nitrogen and oxygen atoms in total. The van der Waals surface area contributed by atoms with Gasteiger partial charge in [0.1, 0.15) is 5.82 Å². The number of carbonyl (C=O) groups is 1. The summed E-state index contributed by atoms with van der Waals surface area (Å²) < 4.78 is 1.77. The molecule has 29 heavy (non-hydrogen) atoms. The molecule has 0 N–H and O–H groups in total. The van der Waals surface area contributed by atoms with Gasteiger partial charge in [-0.05, 0) is 63.3 Å². The van der Waals surface area contributed by atoms with E-state index in [0.717, 1.165) is 54.1 Å². The van der Waals surface area contributed by atoms with Gasteiger partial charge in [0.2, 0.25) is 0 Å². The quantitative estimate of drug-likeness (QED) is 0.687. The van der Waals surface area contributed by atoms with Crippen LogP contribution in [0.15, 0.2) is 48.8 Å². The van der Waals surface area contributed by atoms with Gasteiger partial charge in [0.15, 0.2) is 0 Å². The average molecular weight is 387 g/mol. The van der Waals surface area contributed by atoms with Crippen LogP contribution in [0.4, 0.5) is 0 Å². The molecule has 6 heteroatoms. The Labute approximate surface area is 170 Å². The predicted octanol–water partition coefficient (Wildman–Crippen LogP) is 3.51. The lowest BCUT2D eigenvalue weighted by Gasteiger charge is -2.25. The Kier molecular flexibility index (Phi) is 4.42. The van der Waals surface area contributed by atoms with Crippen molar-refractivity contribution < 1.29 is 4.79 Å². The van der Waals surface area contributed by atoms with E-state index in [2.05, 4.69) is 20.0 Å². The van der Waals surface area contributed by atoms with Crippen molar-refractivity contribution in [1.29, 1.82) is 0 Å². The molecule has 3 aromatic rings. The van der Waals surface area contributed by atoms with Crippen LogP contribution < -0.4 is 0 Å². The fourth-order valence-corrected chi connectivity index (χ4v) is 5.18. The Hall–Kier alpha value is -3.02. The molecule has 148 valence electrons. The molecule has 2 saturated heterocycles. The molecule has 2 aliphatic rings. The standard InChI is InChI=1S/C23H25N5O/c1-15-12-16(2)26-22(25-15)14-17-13-18-8-9-20(17)28(18)23(29)19-6-3-4-7-21(19)27-11-5-10-24-27/h3-7,10-12,17-18,20H,8-9,13-14H2,1-2H3. The van der Waals surface area contributed by atoms with E-state index in [1.807, 2.05) is 56.4 Å². The summed E-state index contributed by atoms with van der Waals surface area (Å²) in [6.45, 7) is 4.03. The van der Waals surface area contributed by atoms with Crippen LogP contribution in [-0.2, 0) is 6.42 Å². The highest BCUT2D eigenvalue weighted by molar-refractivity contribution is 5.98. The van der Waals surface area contributed by atoms with E-state index < -0.39 is 0 Å². The molecule has 0 radical (unpaired) electrons. The first-order valence-corrected chi connectivity index (χ1v) is 10.3. The van der Waals surface area contributed by atoms with E-state index in [1.165, 1.54) is 0 Å². The van der Waals surface area contributed by atoms with Gasteiger partial charge in [-0.1, -0.05) is 12.1 Å². The lowest BCUT2D eigenvalue weighted by atomic mass is 9.86. The van der Waals surface area contributed by atoms with Crippen LogP contribution in [0, 0.1) is 19.8 Å². The maximum absolute atomic E-state index is 13.6. The highest BCUT2D eigenvalue weighted by atomic mass is 16.2. The second kappa shape index (κ2) is 7.10. The van der Waals surface area contributed by atoms with Crippen molar-refractivity contribution in [3.63, 3.8) is 0 Å². The number of carbonyl (C=O) groups excluding carboxylic acids is 1. The number of hydrogen-bond acceptors (Lipinski definition) is 4. The maximum atomic E-state index is 13.6. The summed E-state index contributed by atoms with van der Waals surface area (Å²) in [5, 5.41) is 4.33. The second-order valence-corrected chi connectivity index (χ2v) is 8.25. The Balaban J connectivity index is 1.41. The van der Waals surface area contributed by atoms with Gasteiger partial charge in [-0.15, -0.1) is 0 Å². The first-order valence-electron chi connectivity index (χ1n) is 10.3. The zero-order chi connectivity index (χ0) is 20.0. The number of amides is 1. The van der Waals surface area contributed by atoms with Crippen molar-refractivity contribution in [3.05, 3.63) is 71.6 Å². The normalized spacial score (nSPS) is 23.0. The highest BCUT2D eigenvalue weighted by Gasteiger charge is 2.48. The van der Waals surface area contributed by atoms with Crippen LogP contribution in [0.5, 0.6) is 0 Å². The molecule has 5 rings (SSSR count). The Morgan fingerprint density at radius 3 is 2.66 bits per heavy atom. The van der Waals surface area contributed by atoms with Gasteiger partial charge in [0.25, 0.3) is 5.91 Å². The number of aromatic nitrogens is 4. The molecule has 2 aromatic heterocycles. The molecule has 3 atom stereocenters. The third kappa shape index (κ3) is 3.22. The first kappa shape index (κ1) is 18.0. The van der Waals surface area contributed by atoms with Crippen molar-refractivity contribution in [1.82, 2.24) is 24.6 Å². The monoisotopic (exact) mass is 387 g/mol. The minimum absolute atomic E-state index is 0.118. The van der Waals surface area contributed by atoms with Crippen LogP contribution in [-0.4, -0.2) is 42.6 Å². The number of para-hydroxylation sites is 1. The molecular formula is C23H25N5O. The van der Waals surface area contributed by atoms with Gasteiger partial charge in [0.05, 0.1) is 11.3 Å². The van der Waals surface area contributed by atoms with Gasteiger partial charge in [0, 0.05) is 42.3 Å². The molecule has 2 aliphatic heterocycles. The van der Waals surface area contributed by atoms with E-state index >= 15 is 0 Å². The van der Waals surface area contributed by atoms with Gasteiger partial charge in [-0.3, -0.25) is 4.79 Å². The molecule has 2 fully saturated rings. The minimum atomic E-state index is 0.118. The third-order valence-corrected chi connectivity index (χ3v) is 6.26. The lowest BCUT2D eigenvalue weighted by molar-refractivity contribution is 0.0718. The Morgan fingerprint density at radius 2 is 1.90 bits per heavy atom. The topological polar surface area (TPSA) is 63.9 Å². The Bertz CT molecular complexity index is 1020. The molecule has 1 aromatic carbocycles. The van der Waals surface area contributed by atoms with Crippen molar-refractivity contribution in [2.75, 3.05) is 0 Å². The summed E-state index contributed by atoms with van der Waals surface area (Å²) in [4.78, 5) is 25.0. The number of nitrogens with zero attached hydrogens (tertiary/aromatic N) is 5. The van der Waals surface area contributed by atoms with E-state index in [4.69, 9.17) is 0 Å². The van der Waals surface area contributed by atoms with Crippen LogP contribution in [0.25, 0.3) is 5.69 Å². The van der Waals surface area contributed by atoms with E-state index in [9.17, 15) is 4.79 Å². The number of aryl methyl sites for hydroxylation is 2. The minimum Gasteiger partial charge on any atom is -0.332 e. The zero-order valence-electron chi connectivity index (χ0n) is 16.8. The number of fused-ring (bicyclic) bond motifs is 2. The molecule has 4 heterocycles. The van der Waals surface area contributed by atoms with Gasteiger partial charge in [-0.25, -0.2) is 14.6 Å². The summed E-state index contributed by atoms with van der Waals surface area (Å²) >= 11 is 0. The number of benzene rings is 1. The first-order chi connectivity index (χ1) is 14.1. The van der Waals surface area contributed by atoms with E-state index in [0.29, 0.717) is 12.0 Å². The Morgan fingerprint density at radius 1 is 1.10 bits per heavy atom. The fraction of sp³-hybridized carbons (Fsp3) is 0.391. The highest BCUT2D eigenvalue weighted by Crippen LogP contribution is 2.44. The third-order valence-electron chi connectivity index (χ3n) is 6.26. The van der Waals surface area contributed by atoms with Crippen LogP contribution in [0.3, 0.4) is 0 Å². The molecule has 3 unspecified atom stereocenters. The molecule has 2 bridgehead atoms. The van der Waals surface area contributed by atoms with Crippen LogP contribution in [0.1, 0.15) is 46.8 Å². The van der Waals surface area contributed by atoms with Gasteiger partial charge in [-0.2, -0.15) is 5.10 Å². The average Bonchev–Trinajstić information content (AvgIpc) is 3.43. The maximum Gasteiger partial charge on any atom is 0.256 e. The lowest BCUT2D eigenvalue weighted by Crippen LogP contribution is -2.37. The second-order valence-electron chi connectivity index (χ2n) is 8.25. The van der Waals surface area contributed by atoms with E-state index in [1.54, 1.807) is 10.9 Å². The summed E-state index contributed by atoms with van der Waals surface area (Å²) in [5.41, 5.74) is 3.58. The largest absolute Gasteiger partial charge is 0.332 e. The zero-order valence-corrected chi connectivity index (χ0v) is 16.8. The summed E-state index contributed by atoms with van der Waals surface area (Å²) in [6.07, 6.45) is 7.65. The molecule has 0 saturated carbocycles. The molecular weight excluding hydrogens is 362 g/mol. The van der Waals surface area contributed by atoms with Gasteiger partial charge >= 0.3 is 0 Å². The number of rotatable bonds is 4. The molecule has 0 spiro atoms.